The van der Waals surface area contributed by atoms with Gasteiger partial charge >= 0.3 is 0 Å². The number of fused-ring (bicyclic) bond motifs is 1. The highest BCUT2D eigenvalue weighted by Crippen LogP contribution is 2.39. The number of ether oxygens (including phenoxy) is 1. The second-order valence-electron chi connectivity index (χ2n) is 5.19. The van der Waals surface area contributed by atoms with Gasteiger partial charge in [-0.15, -0.1) is 0 Å². The molecule has 0 aromatic heterocycles. The van der Waals surface area contributed by atoms with Gasteiger partial charge in [0, 0.05) is 13.1 Å². The Morgan fingerprint density at radius 3 is 2.89 bits per heavy atom. The molecule has 2 aliphatic rings. The molecule has 1 aliphatic carbocycles. The van der Waals surface area contributed by atoms with E-state index >= 15 is 0 Å². The number of rotatable bonds is 2. The minimum Gasteiger partial charge on any atom is -0.482 e. The molecule has 4 heteroatoms. The Bertz CT molecular complexity index is 483. The van der Waals surface area contributed by atoms with E-state index in [4.69, 9.17) is 10.5 Å². The Morgan fingerprint density at radius 2 is 2.22 bits per heavy atom. The van der Waals surface area contributed by atoms with Crippen molar-refractivity contribution in [2.24, 2.45) is 11.7 Å². The fourth-order valence-electron chi connectivity index (χ4n) is 2.57. The SMILES string of the molecule is CN1C(=O)COc2ccc(C(N)C3CCC3)cc21. The van der Waals surface area contributed by atoms with E-state index in [0.717, 1.165) is 17.0 Å². The van der Waals surface area contributed by atoms with E-state index in [1.807, 2.05) is 18.2 Å². The minimum absolute atomic E-state index is 0.0168. The van der Waals surface area contributed by atoms with Crippen molar-refractivity contribution in [3.05, 3.63) is 23.8 Å². The summed E-state index contributed by atoms with van der Waals surface area (Å²) in [6.45, 7) is 0.123. The van der Waals surface area contributed by atoms with Gasteiger partial charge in [-0.1, -0.05) is 12.5 Å². The molecule has 1 aromatic carbocycles. The molecule has 96 valence electrons. The third-order valence-electron chi connectivity index (χ3n) is 4.11. The summed E-state index contributed by atoms with van der Waals surface area (Å²) < 4.78 is 5.41. The fraction of sp³-hybridized carbons (Fsp3) is 0.500. The number of likely N-dealkylation sites (N-methyl/N-ethyl adjacent to an activating group) is 1. The summed E-state index contributed by atoms with van der Waals surface area (Å²) in [5.74, 6) is 1.34. The highest BCUT2D eigenvalue weighted by molar-refractivity contribution is 5.97. The molecule has 0 spiro atoms. The van der Waals surface area contributed by atoms with Gasteiger partial charge in [-0.3, -0.25) is 4.79 Å². The number of benzene rings is 1. The lowest BCUT2D eigenvalue weighted by Crippen LogP contribution is -2.35. The predicted octanol–water partition coefficient (Wildman–Crippen LogP) is 1.84. The number of hydrogen-bond acceptors (Lipinski definition) is 3. The van der Waals surface area contributed by atoms with E-state index in [1.54, 1.807) is 11.9 Å². The van der Waals surface area contributed by atoms with Crippen molar-refractivity contribution in [1.29, 1.82) is 0 Å². The summed E-state index contributed by atoms with van der Waals surface area (Å²) in [4.78, 5) is 13.3. The van der Waals surface area contributed by atoms with E-state index in [2.05, 4.69) is 0 Å². The van der Waals surface area contributed by atoms with E-state index in [0.29, 0.717) is 5.92 Å². The molecule has 0 saturated heterocycles. The number of anilines is 1. The van der Waals surface area contributed by atoms with Crippen LogP contribution in [0.5, 0.6) is 5.75 Å². The summed E-state index contributed by atoms with van der Waals surface area (Å²) in [5.41, 5.74) is 8.20. The van der Waals surface area contributed by atoms with Gasteiger partial charge < -0.3 is 15.4 Å². The number of amides is 1. The summed E-state index contributed by atoms with van der Waals surface area (Å²) in [5, 5.41) is 0. The first-order chi connectivity index (χ1) is 8.66. The van der Waals surface area contributed by atoms with Crippen molar-refractivity contribution < 1.29 is 9.53 Å². The van der Waals surface area contributed by atoms with Gasteiger partial charge in [0.25, 0.3) is 5.91 Å². The van der Waals surface area contributed by atoms with Crippen LogP contribution in [0.2, 0.25) is 0 Å². The number of nitrogens with zero attached hydrogens (tertiary/aromatic N) is 1. The van der Waals surface area contributed by atoms with Crippen LogP contribution in [0.25, 0.3) is 0 Å². The third-order valence-corrected chi connectivity index (χ3v) is 4.11. The molecular formula is C14H18N2O2. The van der Waals surface area contributed by atoms with Crippen molar-refractivity contribution in [3.63, 3.8) is 0 Å². The van der Waals surface area contributed by atoms with Gasteiger partial charge in [0.15, 0.2) is 6.61 Å². The lowest BCUT2D eigenvalue weighted by atomic mass is 9.77. The van der Waals surface area contributed by atoms with E-state index < -0.39 is 0 Å². The molecule has 4 nitrogen and oxygen atoms in total. The number of nitrogens with two attached hydrogens (primary N) is 1. The predicted molar refractivity (Wildman–Crippen MR) is 69.6 cm³/mol. The van der Waals surface area contributed by atoms with Crippen LogP contribution < -0.4 is 15.4 Å². The maximum absolute atomic E-state index is 11.6. The van der Waals surface area contributed by atoms with Crippen LogP contribution in [0, 0.1) is 5.92 Å². The molecule has 3 rings (SSSR count). The molecule has 2 N–H and O–H groups in total. The van der Waals surface area contributed by atoms with Crippen LogP contribution in [0.4, 0.5) is 5.69 Å². The number of carbonyl (C=O) groups excluding carboxylic acids is 1. The topological polar surface area (TPSA) is 55.6 Å². The largest absolute Gasteiger partial charge is 0.482 e. The normalized spacial score (nSPS) is 21.0. The van der Waals surface area contributed by atoms with Crippen LogP contribution in [0.1, 0.15) is 30.9 Å². The van der Waals surface area contributed by atoms with Crippen LogP contribution in [0.15, 0.2) is 18.2 Å². The Morgan fingerprint density at radius 1 is 1.44 bits per heavy atom. The van der Waals surface area contributed by atoms with Crippen molar-refractivity contribution in [3.8, 4) is 5.75 Å². The molecule has 1 saturated carbocycles. The lowest BCUT2D eigenvalue weighted by Gasteiger charge is -2.33. The van der Waals surface area contributed by atoms with E-state index in [9.17, 15) is 4.79 Å². The van der Waals surface area contributed by atoms with Gasteiger partial charge in [-0.2, -0.15) is 0 Å². The fourth-order valence-corrected chi connectivity index (χ4v) is 2.57. The smallest absolute Gasteiger partial charge is 0.264 e. The molecule has 1 unspecified atom stereocenters. The van der Waals surface area contributed by atoms with Gasteiger partial charge in [0.05, 0.1) is 5.69 Å². The molecule has 1 aromatic rings. The molecule has 1 amide bonds. The van der Waals surface area contributed by atoms with Crippen molar-refractivity contribution in [2.45, 2.75) is 25.3 Å². The average molecular weight is 246 g/mol. The molecule has 1 heterocycles. The Kier molecular flexibility index (Phi) is 2.74. The second-order valence-corrected chi connectivity index (χ2v) is 5.19. The lowest BCUT2D eigenvalue weighted by molar-refractivity contribution is -0.120. The molecule has 1 fully saturated rings. The molecule has 1 atom stereocenters. The first kappa shape index (κ1) is 11.5. The quantitative estimate of drug-likeness (QED) is 0.866. The monoisotopic (exact) mass is 246 g/mol. The second kappa shape index (κ2) is 4.28. The summed E-state index contributed by atoms with van der Waals surface area (Å²) in [6.07, 6.45) is 3.71. The van der Waals surface area contributed by atoms with Crippen LogP contribution >= 0.6 is 0 Å². The molecular weight excluding hydrogens is 228 g/mol. The minimum atomic E-state index is -0.0168. The van der Waals surface area contributed by atoms with Crippen LogP contribution in [-0.4, -0.2) is 19.6 Å². The number of hydrogen-bond donors (Lipinski definition) is 1. The standard InChI is InChI=1S/C14H18N2O2/c1-16-11-7-10(14(15)9-3-2-4-9)5-6-12(11)18-8-13(16)17/h5-7,9,14H,2-4,8,15H2,1H3. The Hall–Kier alpha value is -1.55. The van der Waals surface area contributed by atoms with Gasteiger partial charge in [-0.25, -0.2) is 0 Å². The molecule has 1 aliphatic heterocycles. The Balaban J connectivity index is 1.91. The highest BCUT2D eigenvalue weighted by atomic mass is 16.5. The first-order valence-corrected chi connectivity index (χ1v) is 6.45. The van der Waals surface area contributed by atoms with Crippen LogP contribution in [0.3, 0.4) is 0 Å². The summed E-state index contributed by atoms with van der Waals surface area (Å²) in [6, 6.07) is 6.02. The zero-order chi connectivity index (χ0) is 12.7. The van der Waals surface area contributed by atoms with E-state index in [-0.39, 0.29) is 18.6 Å². The zero-order valence-electron chi connectivity index (χ0n) is 10.6. The Labute approximate surface area is 107 Å². The average Bonchev–Trinajstić information content (AvgIpc) is 2.31. The van der Waals surface area contributed by atoms with Crippen LogP contribution in [-0.2, 0) is 4.79 Å². The van der Waals surface area contributed by atoms with Crippen molar-refractivity contribution >= 4 is 11.6 Å². The molecule has 0 radical (unpaired) electrons. The summed E-state index contributed by atoms with van der Waals surface area (Å²) >= 11 is 0. The van der Waals surface area contributed by atoms with Gasteiger partial charge in [0.2, 0.25) is 0 Å². The molecule has 18 heavy (non-hydrogen) atoms. The van der Waals surface area contributed by atoms with Crippen molar-refractivity contribution in [1.82, 2.24) is 0 Å². The summed E-state index contributed by atoms with van der Waals surface area (Å²) in [7, 11) is 1.78. The third kappa shape index (κ3) is 1.77. The van der Waals surface area contributed by atoms with Gasteiger partial charge in [-0.05, 0) is 36.5 Å². The zero-order valence-corrected chi connectivity index (χ0v) is 10.6. The molecule has 0 bridgehead atoms. The maximum atomic E-state index is 11.6. The first-order valence-electron chi connectivity index (χ1n) is 6.45. The maximum Gasteiger partial charge on any atom is 0.264 e. The van der Waals surface area contributed by atoms with Gasteiger partial charge in [0.1, 0.15) is 5.75 Å². The van der Waals surface area contributed by atoms with Crippen molar-refractivity contribution in [2.75, 3.05) is 18.6 Å². The van der Waals surface area contributed by atoms with E-state index in [1.165, 1.54) is 19.3 Å². The number of carbonyl (C=O) groups is 1. The highest BCUT2D eigenvalue weighted by Gasteiger charge is 2.28.